The topological polar surface area (TPSA) is 81.1 Å². The predicted molar refractivity (Wildman–Crippen MR) is 79.0 cm³/mol. The van der Waals surface area contributed by atoms with Gasteiger partial charge in [-0.3, -0.25) is 4.79 Å². The minimum absolute atomic E-state index is 0.390. The van der Waals surface area contributed by atoms with Crippen LogP contribution in [0.2, 0.25) is 0 Å². The van der Waals surface area contributed by atoms with Crippen LogP contribution in [0.3, 0.4) is 0 Å². The van der Waals surface area contributed by atoms with Gasteiger partial charge in [0.1, 0.15) is 0 Å². The van der Waals surface area contributed by atoms with E-state index in [2.05, 4.69) is 19.2 Å². The number of para-hydroxylation sites is 1. The van der Waals surface area contributed by atoms with Crippen LogP contribution in [-0.2, 0) is 0 Å². The lowest BCUT2D eigenvalue weighted by Gasteiger charge is -2.35. The normalized spacial score (nSPS) is 26.9. The number of hydrogen-bond acceptors (Lipinski definition) is 3. The second kappa shape index (κ2) is 5.51. The van der Waals surface area contributed by atoms with Crippen molar-refractivity contribution in [2.75, 3.05) is 11.1 Å². The molecule has 1 fully saturated rings. The third-order valence-electron chi connectivity index (χ3n) is 4.42. The van der Waals surface area contributed by atoms with E-state index in [1.807, 2.05) is 12.1 Å². The first kappa shape index (κ1) is 13.7. The van der Waals surface area contributed by atoms with Crippen LogP contribution in [0.1, 0.15) is 43.5 Å². The van der Waals surface area contributed by atoms with Crippen molar-refractivity contribution in [1.29, 1.82) is 0 Å². The van der Waals surface area contributed by atoms with Gasteiger partial charge in [0.2, 0.25) is 0 Å². The molecule has 1 aromatic rings. The maximum atomic E-state index is 11.3. The highest BCUT2D eigenvalue weighted by Gasteiger charge is 2.27. The summed E-state index contributed by atoms with van der Waals surface area (Å²) < 4.78 is 0. The fraction of sp³-hybridized carbons (Fsp3) is 0.533. The summed E-state index contributed by atoms with van der Waals surface area (Å²) in [6.45, 7) is 4.57. The van der Waals surface area contributed by atoms with Crippen LogP contribution in [0.4, 0.5) is 11.4 Å². The van der Waals surface area contributed by atoms with Crippen molar-refractivity contribution in [1.82, 2.24) is 0 Å². The molecule has 0 radical (unpaired) electrons. The Morgan fingerprint density at radius 1 is 1.32 bits per heavy atom. The second-order valence-corrected chi connectivity index (χ2v) is 5.65. The molecule has 19 heavy (non-hydrogen) atoms. The lowest BCUT2D eigenvalue weighted by atomic mass is 9.78. The fourth-order valence-electron chi connectivity index (χ4n) is 2.89. The minimum atomic E-state index is -0.480. The number of carbonyl (C=O) groups is 1. The molecule has 0 spiro atoms. The zero-order chi connectivity index (χ0) is 14.0. The van der Waals surface area contributed by atoms with Crippen molar-refractivity contribution < 1.29 is 4.79 Å². The first-order valence-corrected chi connectivity index (χ1v) is 6.95. The number of primary amides is 1. The van der Waals surface area contributed by atoms with Crippen molar-refractivity contribution in [3.05, 3.63) is 23.8 Å². The minimum Gasteiger partial charge on any atom is -0.396 e. The number of carbonyl (C=O) groups excluding carboxylic acids is 1. The van der Waals surface area contributed by atoms with Crippen LogP contribution >= 0.6 is 0 Å². The molecule has 104 valence electrons. The lowest BCUT2D eigenvalue weighted by Crippen LogP contribution is -2.35. The first-order valence-electron chi connectivity index (χ1n) is 6.95. The summed E-state index contributed by atoms with van der Waals surface area (Å²) in [4.78, 5) is 11.3. The molecule has 0 bridgehead atoms. The summed E-state index contributed by atoms with van der Waals surface area (Å²) in [6, 6.07) is 5.80. The standard InChI is InChI=1S/C15H23N3O/c1-9-5-3-7-12(10(9)2)18-13-8-4-6-11(14(13)16)15(17)19/h4,6,8-10,12,18H,3,5,7,16H2,1-2H3,(H2,17,19). The average Bonchev–Trinajstić information content (AvgIpc) is 2.37. The van der Waals surface area contributed by atoms with Crippen molar-refractivity contribution in [2.45, 2.75) is 39.2 Å². The second-order valence-electron chi connectivity index (χ2n) is 5.65. The monoisotopic (exact) mass is 261 g/mol. The van der Waals surface area contributed by atoms with Gasteiger partial charge in [-0.15, -0.1) is 0 Å². The van der Waals surface area contributed by atoms with Gasteiger partial charge in [0.05, 0.1) is 16.9 Å². The summed E-state index contributed by atoms with van der Waals surface area (Å²) in [5.74, 6) is 0.836. The third-order valence-corrected chi connectivity index (χ3v) is 4.42. The number of nitrogens with two attached hydrogens (primary N) is 2. The highest BCUT2D eigenvalue weighted by atomic mass is 16.1. The molecule has 1 aromatic carbocycles. The number of amides is 1. The first-order chi connectivity index (χ1) is 9.00. The van der Waals surface area contributed by atoms with E-state index < -0.39 is 5.91 Å². The molecule has 1 aliphatic rings. The Labute approximate surface area is 114 Å². The average molecular weight is 261 g/mol. The zero-order valence-corrected chi connectivity index (χ0v) is 11.6. The Morgan fingerprint density at radius 2 is 2.05 bits per heavy atom. The Kier molecular flexibility index (Phi) is 3.98. The molecule has 1 amide bonds. The molecular weight excluding hydrogens is 238 g/mol. The van der Waals surface area contributed by atoms with Crippen LogP contribution in [0.15, 0.2) is 18.2 Å². The van der Waals surface area contributed by atoms with Crippen molar-refractivity contribution in [3.63, 3.8) is 0 Å². The molecule has 3 atom stereocenters. The van der Waals surface area contributed by atoms with Crippen LogP contribution in [-0.4, -0.2) is 11.9 Å². The number of rotatable bonds is 3. The predicted octanol–water partition coefficient (Wildman–Crippen LogP) is 2.60. The maximum Gasteiger partial charge on any atom is 0.250 e. The van der Waals surface area contributed by atoms with Gasteiger partial charge in [0.15, 0.2) is 0 Å². The fourth-order valence-corrected chi connectivity index (χ4v) is 2.89. The number of nitrogen functional groups attached to an aromatic ring is 1. The molecule has 5 N–H and O–H groups in total. The van der Waals surface area contributed by atoms with E-state index >= 15 is 0 Å². The molecule has 0 aromatic heterocycles. The number of hydrogen-bond donors (Lipinski definition) is 3. The van der Waals surface area contributed by atoms with Crippen LogP contribution in [0.5, 0.6) is 0 Å². The van der Waals surface area contributed by atoms with Crippen molar-refractivity contribution in [3.8, 4) is 0 Å². The van der Waals surface area contributed by atoms with Crippen LogP contribution < -0.4 is 16.8 Å². The van der Waals surface area contributed by atoms with Crippen molar-refractivity contribution >= 4 is 17.3 Å². The van der Waals surface area contributed by atoms with Crippen LogP contribution in [0, 0.1) is 11.8 Å². The van der Waals surface area contributed by atoms with E-state index in [0.717, 1.165) is 12.1 Å². The van der Waals surface area contributed by atoms with Gasteiger partial charge < -0.3 is 16.8 Å². The molecular formula is C15H23N3O. The quantitative estimate of drug-likeness (QED) is 0.731. The number of benzene rings is 1. The highest BCUT2D eigenvalue weighted by molar-refractivity contribution is 6.00. The molecule has 2 rings (SSSR count). The molecule has 0 aliphatic heterocycles. The Hall–Kier alpha value is -1.71. The highest BCUT2D eigenvalue weighted by Crippen LogP contribution is 2.33. The molecule has 3 unspecified atom stereocenters. The largest absolute Gasteiger partial charge is 0.396 e. The van der Waals surface area contributed by atoms with Gasteiger partial charge >= 0.3 is 0 Å². The summed E-state index contributed by atoms with van der Waals surface area (Å²) in [5, 5.41) is 3.49. The zero-order valence-electron chi connectivity index (χ0n) is 11.6. The maximum absolute atomic E-state index is 11.3. The van der Waals surface area contributed by atoms with Gasteiger partial charge in [-0.1, -0.05) is 32.8 Å². The molecule has 1 saturated carbocycles. The molecule has 4 nitrogen and oxygen atoms in total. The third kappa shape index (κ3) is 2.83. The van der Waals surface area contributed by atoms with Gasteiger partial charge in [-0.05, 0) is 30.4 Å². The SMILES string of the molecule is CC1CCCC(Nc2cccc(C(N)=O)c2N)C1C. The van der Waals surface area contributed by atoms with Crippen molar-refractivity contribution in [2.24, 2.45) is 17.6 Å². The van der Waals surface area contributed by atoms with Gasteiger partial charge in [0.25, 0.3) is 5.91 Å². The van der Waals surface area contributed by atoms with E-state index in [1.54, 1.807) is 6.07 Å². The Morgan fingerprint density at radius 3 is 2.74 bits per heavy atom. The summed E-state index contributed by atoms with van der Waals surface area (Å²) in [6.07, 6.45) is 3.67. The lowest BCUT2D eigenvalue weighted by molar-refractivity contribution is 0.100. The Bertz CT molecular complexity index is 472. The molecule has 0 saturated heterocycles. The van der Waals surface area contributed by atoms with E-state index in [-0.39, 0.29) is 0 Å². The van der Waals surface area contributed by atoms with E-state index in [9.17, 15) is 4.79 Å². The van der Waals surface area contributed by atoms with E-state index in [4.69, 9.17) is 11.5 Å². The summed E-state index contributed by atoms with van der Waals surface area (Å²) in [7, 11) is 0. The number of nitrogens with one attached hydrogen (secondary N) is 1. The number of anilines is 2. The van der Waals surface area contributed by atoms with Gasteiger partial charge in [0, 0.05) is 6.04 Å². The molecule has 4 heteroatoms. The van der Waals surface area contributed by atoms with E-state index in [1.165, 1.54) is 12.8 Å². The van der Waals surface area contributed by atoms with E-state index in [0.29, 0.717) is 29.1 Å². The van der Waals surface area contributed by atoms with Gasteiger partial charge in [-0.25, -0.2) is 0 Å². The molecule has 0 heterocycles. The molecule has 1 aliphatic carbocycles. The summed E-state index contributed by atoms with van der Waals surface area (Å²) in [5.41, 5.74) is 13.0. The van der Waals surface area contributed by atoms with Crippen LogP contribution in [0.25, 0.3) is 0 Å². The smallest absolute Gasteiger partial charge is 0.250 e. The summed E-state index contributed by atoms with van der Waals surface area (Å²) >= 11 is 0. The Balaban J connectivity index is 2.19. The van der Waals surface area contributed by atoms with Gasteiger partial charge in [-0.2, -0.15) is 0 Å².